The highest BCUT2D eigenvalue weighted by atomic mass is 35.5. The Bertz CT molecular complexity index is 132. The number of hydrogen-bond acceptors (Lipinski definition) is 2. The molecule has 1 aliphatic heterocycles. The van der Waals surface area contributed by atoms with Crippen molar-refractivity contribution in [1.29, 1.82) is 0 Å². The Labute approximate surface area is 79.5 Å². The van der Waals surface area contributed by atoms with E-state index in [1.165, 1.54) is 12.8 Å². The number of aliphatic hydroxyl groups is 1. The maximum absolute atomic E-state index is 9.30. The van der Waals surface area contributed by atoms with E-state index in [1.54, 1.807) is 0 Å². The van der Waals surface area contributed by atoms with Crippen molar-refractivity contribution >= 4 is 11.6 Å². The van der Waals surface area contributed by atoms with Gasteiger partial charge >= 0.3 is 0 Å². The molecule has 1 aliphatic rings. The molecule has 1 rings (SSSR count). The molecule has 2 unspecified atom stereocenters. The highest BCUT2D eigenvalue weighted by molar-refractivity contribution is 6.18. The Balaban J connectivity index is 2.18. The number of rotatable bonds is 4. The molecule has 0 aliphatic carbocycles. The zero-order valence-corrected chi connectivity index (χ0v) is 8.43. The third-order valence-corrected chi connectivity index (χ3v) is 2.95. The summed E-state index contributed by atoms with van der Waals surface area (Å²) in [6.45, 7) is 5.25. The maximum Gasteiger partial charge on any atom is 0.0802 e. The fraction of sp³-hybridized carbons (Fsp3) is 1.00. The van der Waals surface area contributed by atoms with Gasteiger partial charge in [-0.2, -0.15) is 0 Å². The third-order valence-electron chi connectivity index (χ3n) is 2.59. The van der Waals surface area contributed by atoms with Gasteiger partial charge in [0.15, 0.2) is 0 Å². The van der Waals surface area contributed by atoms with Crippen LogP contribution in [0.1, 0.15) is 19.8 Å². The van der Waals surface area contributed by atoms with Gasteiger partial charge in [-0.3, -0.25) is 0 Å². The van der Waals surface area contributed by atoms with Crippen LogP contribution in [0, 0.1) is 5.92 Å². The fourth-order valence-corrected chi connectivity index (χ4v) is 1.86. The van der Waals surface area contributed by atoms with Gasteiger partial charge in [0.05, 0.1) is 6.10 Å². The summed E-state index contributed by atoms with van der Waals surface area (Å²) < 4.78 is 0. The van der Waals surface area contributed by atoms with Crippen LogP contribution in [0.5, 0.6) is 0 Å². The molecule has 72 valence electrons. The van der Waals surface area contributed by atoms with E-state index >= 15 is 0 Å². The van der Waals surface area contributed by atoms with Crippen LogP contribution in [-0.2, 0) is 0 Å². The lowest BCUT2D eigenvalue weighted by Crippen LogP contribution is -2.31. The number of alkyl halides is 1. The summed E-state index contributed by atoms with van der Waals surface area (Å²) in [5, 5.41) is 9.30. The second-order valence-corrected chi connectivity index (χ2v) is 3.94. The minimum absolute atomic E-state index is 0.345. The van der Waals surface area contributed by atoms with Crippen LogP contribution in [0.3, 0.4) is 0 Å². The maximum atomic E-state index is 9.30. The summed E-state index contributed by atoms with van der Waals surface area (Å²) in [5.41, 5.74) is 0. The molecule has 0 radical (unpaired) electrons. The number of likely N-dealkylation sites (tertiary alicyclic amines) is 1. The molecule has 0 spiro atoms. The average molecular weight is 192 g/mol. The predicted molar refractivity (Wildman–Crippen MR) is 51.6 cm³/mol. The molecule has 0 saturated carbocycles. The standard InChI is InChI=1S/C9H18ClNO/c1-2-8-3-4-11(6-8)7-9(12)5-10/h8-9,12H,2-7H2,1H3. The molecular formula is C9H18ClNO. The van der Waals surface area contributed by atoms with Crippen LogP contribution in [0.25, 0.3) is 0 Å². The second kappa shape index (κ2) is 5.05. The molecule has 2 atom stereocenters. The van der Waals surface area contributed by atoms with E-state index in [4.69, 9.17) is 11.6 Å². The molecule has 0 bridgehead atoms. The summed E-state index contributed by atoms with van der Waals surface area (Å²) in [6, 6.07) is 0. The first-order chi connectivity index (χ1) is 5.76. The Morgan fingerprint density at radius 1 is 1.67 bits per heavy atom. The molecule has 12 heavy (non-hydrogen) atoms. The Kier molecular flexibility index (Phi) is 4.33. The molecule has 1 saturated heterocycles. The van der Waals surface area contributed by atoms with Crippen molar-refractivity contribution in [3.63, 3.8) is 0 Å². The van der Waals surface area contributed by atoms with Gasteiger partial charge in [-0.1, -0.05) is 13.3 Å². The first kappa shape index (κ1) is 10.3. The van der Waals surface area contributed by atoms with Crippen LogP contribution in [0.4, 0.5) is 0 Å². The fourth-order valence-electron chi connectivity index (χ4n) is 1.76. The van der Waals surface area contributed by atoms with Crippen molar-refractivity contribution < 1.29 is 5.11 Å². The van der Waals surface area contributed by atoms with Crippen molar-refractivity contribution in [1.82, 2.24) is 4.90 Å². The van der Waals surface area contributed by atoms with Gasteiger partial charge in [0.2, 0.25) is 0 Å². The zero-order valence-electron chi connectivity index (χ0n) is 7.67. The van der Waals surface area contributed by atoms with Crippen LogP contribution >= 0.6 is 11.6 Å². The van der Waals surface area contributed by atoms with E-state index < -0.39 is 0 Å². The summed E-state index contributed by atoms with van der Waals surface area (Å²) in [7, 11) is 0. The summed E-state index contributed by atoms with van der Waals surface area (Å²) in [5.74, 6) is 1.19. The highest BCUT2D eigenvalue weighted by Crippen LogP contribution is 2.18. The number of nitrogens with zero attached hydrogens (tertiary/aromatic N) is 1. The van der Waals surface area contributed by atoms with E-state index in [2.05, 4.69) is 11.8 Å². The first-order valence-electron chi connectivity index (χ1n) is 4.72. The second-order valence-electron chi connectivity index (χ2n) is 3.63. The minimum atomic E-state index is -0.345. The predicted octanol–water partition coefficient (Wildman–Crippen LogP) is 1.32. The molecular weight excluding hydrogens is 174 g/mol. The van der Waals surface area contributed by atoms with Gasteiger partial charge in [-0.15, -0.1) is 11.6 Å². The Morgan fingerprint density at radius 2 is 2.42 bits per heavy atom. The van der Waals surface area contributed by atoms with E-state index in [0.29, 0.717) is 5.88 Å². The largest absolute Gasteiger partial charge is 0.391 e. The molecule has 0 amide bonds. The number of halogens is 1. The summed E-state index contributed by atoms with van der Waals surface area (Å²) in [4.78, 5) is 2.31. The first-order valence-corrected chi connectivity index (χ1v) is 5.26. The Hall–Kier alpha value is 0.210. The molecule has 1 N–H and O–H groups in total. The zero-order chi connectivity index (χ0) is 8.97. The summed E-state index contributed by atoms with van der Waals surface area (Å²) in [6.07, 6.45) is 2.20. The quantitative estimate of drug-likeness (QED) is 0.678. The van der Waals surface area contributed by atoms with Gasteiger partial charge in [-0.05, 0) is 18.9 Å². The van der Waals surface area contributed by atoms with E-state index in [-0.39, 0.29) is 6.10 Å². The lowest BCUT2D eigenvalue weighted by atomic mass is 10.1. The van der Waals surface area contributed by atoms with Crippen LogP contribution in [-0.4, -0.2) is 41.6 Å². The van der Waals surface area contributed by atoms with E-state index in [1.807, 2.05) is 0 Å². The lowest BCUT2D eigenvalue weighted by molar-refractivity contribution is 0.141. The Morgan fingerprint density at radius 3 is 2.92 bits per heavy atom. The summed E-state index contributed by atoms with van der Waals surface area (Å²) >= 11 is 5.52. The number of β-amino-alcohol motifs (C(OH)–C–C–N with tert-alkyl or cyclic N) is 1. The third kappa shape index (κ3) is 2.92. The lowest BCUT2D eigenvalue weighted by Gasteiger charge is -2.18. The van der Waals surface area contributed by atoms with Crippen molar-refractivity contribution in [3.05, 3.63) is 0 Å². The van der Waals surface area contributed by atoms with E-state index in [0.717, 1.165) is 25.6 Å². The molecule has 3 heteroatoms. The molecule has 2 nitrogen and oxygen atoms in total. The van der Waals surface area contributed by atoms with Crippen molar-refractivity contribution in [2.24, 2.45) is 5.92 Å². The SMILES string of the molecule is CCC1CCN(CC(O)CCl)C1. The van der Waals surface area contributed by atoms with Gasteiger partial charge in [0, 0.05) is 19.0 Å². The van der Waals surface area contributed by atoms with Gasteiger partial charge in [0.25, 0.3) is 0 Å². The van der Waals surface area contributed by atoms with E-state index in [9.17, 15) is 5.11 Å². The molecule has 1 fully saturated rings. The van der Waals surface area contributed by atoms with Crippen molar-refractivity contribution in [3.8, 4) is 0 Å². The van der Waals surface area contributed by atoms with Crippen LogP contribution in [0.2, 0.25) is 0 Å². The smallest absolute Gasteiger partial charge is 0.0802 e. The van der Waals surface area contributed by atoms with Gasteiger partial charge in [0.1, 0.15) is 0 Å². The molecule has 1 heterocycles. The topological polar surface area (TPSA) is 23.5 Å². The number of hydrogen-bond donors (Lipinski definition) is 1. The number of aliphatic hydroxyl groups excluding tert-OH is 1. The van der Waals surface area contributed by atoms with Gasteiger partial charge in [-0.25, -0.2) is 0 Å². The average Bonchev–Trinajstić information content (AvgIpc) is 2.52. The monoisotopic (exact) mass is 191 g/mol. The highest BCUT2D eigenvalue weighted by Gasteiger charge is 2.22. The van der Waals surface area contributed by atoms with Crippen molar-refractivity contribution in [2.75, 3.05) is 25.5 Å². The molecule has 0 aromatic rings. The van der Waals surface area contributed by atoms with Crippen molar-refractivity contribution in [2.45, 2.75) is 25.9 Å². The van der Waals surface area contributed by atoms with Crippen LogP contribution < -0.4 is 0 Å². The molecule has 0 aromatic heterocycles. The van der Waals surface area contributed by atoms with Gasteiger partial charge < -0.3 is 10.0 Å². The van der Waals surface area contributed by atoms with Crippen LogP contribution in [0.15, 0.2) is 0 Å². The normalized spacial score (nSPS) is 27.8. The molecule has 0 aromatic carbocycles. The minimum Gasteiger partial charge on any atom is -0.391 e.